The van der Waals surface area contributed by atoms with Crippen LogP contribution in [0.5, 0.6) is 0 Å². The molecule has 3 heteroatoms. The molecule has 0 fully saturated rings. The van der Waals surface area contributed by atoms with E-state index in [0.29, 0.717) is 6.61 Å². The molecule has 0 radical (unpaired) electrons. The lowest BCUT2D eigenvalue weighted by Crippen LogP contribution is -2.31. The number of rotatable bonds is 1. The van der Waals surface area contributed by atoms with Crippen molar-refractivity contribution in [2.45, 2.75) is 12.5 Å². The van der Waals surface area contributed by atoms with Crippen LogP contribution in [0.25, 0.3) is 0 Å². The summed E-state index contributed by atoms with van der Waals surface area (Å²) >= 11 is 0. The lowest BCUT2D eigenvalue weighted by Gasteiger charge is -2.27. The standard InChI is InChI=1S/C14H14N2O/c1-2-10-4-3-5-12-11(10)6-9-17-13(12)14-15-7-8-16-14/h1,3-5,13H,6-9H2,(H,15,16). The molecule has 1 aromatic carbocycles. The van der Waals surface area contributed by atoms with E-state index in [1.807, 2.05) is 12.1 Å². The third-order valence-corrected chi connectivity index (χ3v) is 3.24. The van der Waals surface area contributed by atoms with Crippen molar-refractivity contribution in [1.82, 2.24) is 5.32 Å². The summed E-state index contributed by atoms with van der Waals surface area (Å²) < 4.78 is 5.83. The van der Waals surface area contributed by atoms with Gasteiger partial charge in [0.1, 0.15) is 11.9 Å². The van der Waals surface area contributed by atoms with Crippen molar-refractivity contribution in [3.8, 4) is 12.3 Å². The third-order valence-electron chi connectivity index (χ3n) is 3.24. The maximum atomic E-state index is 5.83. The SMILES string of the molecule is C#Cc1cccc2c1CCOC2C1=NCCN1. The van der Waals surface area contributed by atoms with E-state index in [9.17, 15) is 0 Å². The maximum Gasteiger partial charge on any atom is 0.140 e. The smallest absolute Gasteiger partial charge is 0.140 e. The van der Waals surface area contributed by atoms with Gasteiger partial charge in [-0.25, -0.2) is 0 Å². The number of aliphatic imine (C=N–C) groups is 1. The van der Waals surface area contributed by atoms with Crippen LogP contribution in [-0.4, -0.2) is 25.5 Å². The number of amidine groups is 1. The van der Waals surface area contributed by atoms with Crippen LogP contribution in [0.15, 0.2) is 23.2 Å². The Bertz CT molecular complexity index is 513. The van der Waals surface area contributed by atoms with E-state index >= 15 is 0 Å². The average Bonchev–Trinajstić information content (AvgIpc) is 2.91. The zero-order chi connectivity index (χ0) is 11.7. The summed E-state index contributed by atoms with van der Waals surface area (Å²) in [5, 5.41) is 3.28. The van der Waals surface area contributed by atoms with Gasteiger partial charge in [0.25, 0.3) is 0 Å². The number of hydrogen-bond donors (Lipinski definition) is 1. The van der Waals surface area contributed by atoms with Gasteiger partial charge in [-0.2, -0.15) is 0 Å². The quantitative estimate of drug-likeness (QED) is 0.732. The van der Waals surface area contributed by atoms with Crippen LogP contribution in [0.3, 0.4) is 0 Å². The molecular formula is C14H14N2O. The topological polar surface area (TPSA) is 33.6 Å². The molecule has 86 valence electrons. The highest BCUT2D eigenvalue weighted by molar-refractivity contribution is 5.89. The molecule has 0 bridgehead atoms. The first kappa shape index (κ1) is 10.4. The van der Waals surface area contributed by atoms with Gasteiger partial charge in [0.15, 0.2) is 0 Å². The van der Waals surface area contributed by atoms with Crippen molar-refractivity contribution < 1.29 is 4.74 Å². The first-order chi connectivity index (χ1) is 8.40. The van der Waals surface area contributed by atoms with Gasteiger partial charge in [0.05, 0.1) is 13.2 Å². The second kappa shape index (κ2) is 4.23. The monoisotopic (exact) mass is 226 g/mol. The van der Waals surface area contributed by atoms with Crippen molar-refractivity contribution in [3.63, 3.8) is 0 Å². The van der Waals surface area contributed by atoms with E-state index < -0.39 is 0 Å². The summed E-state index contributed by atoms with van der Waals surface area (Å²) in [6.45, 7) is 2.44. The third kappa shape index (κ3) is 1.71. The summed E-state index contributed by atoms with van der Waals surface area (Å²) in [7, 11) is 0. The number of hydrogen-bond acceptors (Lipinski definition) is 3. The summed E-state index contributed by atoms with van der Waals surface area (Å²) in [6.07, 6.45) is 6.36. The molecule has 0 saturated carbocycles. The number of benzene rings is 1. The van der Waals surface area contributed by atoms with E-state index in [-0.39, 0.29) is 6.10 Å². The van der Waals surface area contributed by atoms with Gasteiger partial charge < -0.3 is 10.1 Å². The minimum atomic E-state index is -0.0606. The minimum Gasteiger partial charge on any atom is -0.369 e. The van der Waals surface area contributed by atoms with Crippen LogP contribution in [0.2, 0.25) is 0 Å². The van der Waals surface area contributed by atoms with Gasteiger partial charge in [-0.1, -0.05) is 18.1 Å². The lowest BCUT2D eigenvalue weighted by molar-refractivity contribution is 0.0859. The minimum absolute atomic E-state index is 0.0606. The first-order valence-electron chi connectivity index (χ1n) is 5.88. The van der Waals surface area contributed by atoms with Crippen molar-refractivity contribution in [1.29, 1.82) is 0 Å². The molecule has 0 saturated heterocycles. The molecular weight excluding hydrogens is 212 g/mol. The van der Waals surface area contributed by atoms with Crippen molar-refractivity contribution >= 4 is 5.84 Å². The Morgan fingerprint density at radius 1 is 1.47 bits per heavy atom. The normalized spacial score (nSPS) is 22.3. The molecule has 1 N–H and O–H groups in total. The zero-order valence-corrected chi connectivity index (χ0v) is 9.57. The van der Waals surface area contributed by atoms with E-state index in [4.69, 9.17) is 11.2 Å². The molecule has 1 unspecified atom stereocenters. The fraction of sp³-hybridized carbons (Fsp3) is 0.357. The van der Waals surface area contributed by atoms with E-state index in [0.717, 1.165) is 30.9 Å². The van der Waals surface area contributed by atoms with Gasteiger partial charge in [-0.05, 0) is 23.6 Å². The number of ether oxygens (including phenoxy) is 1. The van der Waals surface area contributed by atoms with E-state index in [1.165, 1.54) is 11.1 Å². The van der Waals surface area contributed by atoms with Crippen LogP contribution in [0, 0.1) is 12.3 Å². The average molecular weight is 226 g/mol. The predicted octanol–water partition coefficient (Wildman–Crippen LogP) is 1.28. The molecule has 3 nitrogen and oxygen atoms in total. The highest BCUT2D eigenvalue weighted by Gasteiger charge is 2.27. The highest BCUT2D eigenvalue weighted by Crippen LogP contribution is 2.30. The molecule has 0 aromatic heterocycles. The Morgan fingerprint density at radius 2 is 2.41 bits per heavy atom. The van der Waals surface area contributed by atoms with Gasteiger partial charge in [0.2, 0.25) is 0 Å². The second-order valence-corrected chi connectivity index (χ2v) is 4.21. The van der Waals surface area contributed by atoms with Crippen LogP contribution >= 0.6 is 0 Å². The number of fused-ring (bicyclic) bond motifs is 1. The van der Waals surface area contributed by atoms with Crippen LogP contribution in [0.1, 0.15) is 22.8 Å². The molecule has 2 aliphatic heterocycles. The number of terminal acetylenes is 1. The molecule has 1 aromatic rings. The van der Waals surface area contributed by atoms with Crippen molar-refractivity contribution in [3.05, 3.63) is 34.9 Å². The van der Waals surface area contributed by atoms with Gasteiger partial charge >= 0.3 is 0 Å². The molecule has 2 aliphatic rings. The summed E-state index contributed by atoms with van der Waals surface area (Å²) in [4.78, 5) is 4.44. The molecule has 0 amide bonds. The number of nitrogens with zero attached hydrogens (tertiary/aromatic N) is 1. The maximum absolute atomic E-state index is 5.83. The van der Waals surface area contributed by atoms with Crippen LogP contribution in [0.4, 0.5) is 0 Å². The van der Waals surface area contributed by atoms with Crippen LogP contribution < -0.4 is 5.32 Å². The molecule has 1 atom stereocenters. The van der Waals surface area contributed by atoms with E-state index in [2.05, 4.69) is 22.3 Å². The Labute approximate surface area is 101 Å². The summed E-state index contributed by atoms with van der Waals surface area (Å²) in [5.74, 6) is 3.69. The van der Waals surface area contributed by atoms with Crippen molar-refractivity contribution in [2.24, 2.45) is 4.99 Å². The van der Waals surface area contributed by atoms with Gasteiger partial charge in [-0.3, -0.25) is 4.99 Å². The van der Waals surface area contributed by atoms with Crippen LogP contribution in [-0.2, 0) is 11.2 Å². The largest absolute Gasteiger partial charge is 0.369 e. The predicted molar refractivity (Wildman–Crippen MR) is 67.1 cm³/mol. The lowest BCUT2D eigenvalue weighted by atomic mass is 9.92. The zero-order valence-electron chi connectivity index (χ0n) is 9.57. The Morgan fingerprint density at radius 3 is 3.18 bits per heavy atom. The second-order valence-electron chi connectivity index (χ2n) is 4.21. The molecule has 0 aliphatic carbocycles. The molecule has 17 heavy (non-hydrogen) atoms. The van der Waals surface area contributed by atoms with Gasteiger partial charge in [-0.15, -0.1) is 6.42 Å². The number of nitrogens with one attached hydrogen (secondary N) is 1. The summed E-state index contributed by atoms with van der Waals surface area (Å²) in [6, 6.07) is 6.07. The highest BCUT2D eigenvalue weighted by atomic mass is 16.5. The molecule has 0 spiro atoms. The summed E-state index contributed by atoms with van der Waals surface area (Å²) in [5.41, 5.74) is 3.39. The fourth-order valence-corrected chi connectivity index (χ4v) is 2.45. The van der Waals surface area contributed by atoms with Crippen molar-refractivity contribution in [2.75, 3.05) is 19.7 Å². The first-order valence-corrected chi connectivity index (χ1v) is 5.88. The Balaban J connectivity index is 2.05. The van der Waals surface area contributed by atoms with E-state index in [1.54, 1.807) is 0 Å². The Kier molecular flexibility index (Phi) is 2.58. The van der Waals surface area contributed by atoms with Gasteiger partial charge in [0, 0.05) is 12.1 Å². The fourth-order valence-electron chi connectivity index (χ4n) is 2.45. The Hall–Kier alpha value is -1.79. The molecule has 2 heterocycles. The molecule has 3 rings (SSSR count).